The van der Waals surface area contributed by atoms with Crippen LogP contribution in [0.2, 0.25) is 0 Å². The number of hydrogen-bond acceptors (Lipinski definition) is 8. The van der Waals surface area contributed by atoms with Crippen molar-refractivity contribution in [3.8, 4) is 0 Å². The minimum absolute atomic E-state index is 0.102. The molecule has 0 radical (unpaired) electrons. The van der Waals surface area contributed by atoms with Crippen LogP contribution < -0.4 is 9.21 Å². The van der Waals surface area contributed by atoms with Gasteiger partial charge in [-0.3, -0.25) is 14.4 Å². The summed E-state index contributed by atoms with van der Waals surface area (Å²) in [6.45, 7) is 4.81. The van der Waals surface area contributed by atoms with Crippen molar-refractivity contribution in [3.05, 3.63) is 70.4 Å². The Morgan fingerprint density at radius 3 is 2.45 bits per heavy atom. The van der Waals surface area contributed by atoms with Crippen LogP contribution in [0.3, 0.4) is 0 Å². The molecule has 0 aliphatic carbocycles. The molecule has 0 saturated carbocycles. The van der Waals surface area contributed by atoms with Crippen molar-refractivity contribution in [2.75, 3.05) is 28.8 Å². The van der Waals surface area contributed by atoms with Crippen LogP contribution in [0, 0.1) is 17.0 Å². The molecule has 4 rings (SSSR count). The van der Waals surface area contributed by atoms with Crippen molar-refractivity contribution < 1.29 is 17.9 Å². The van der Waals surface area contributed by atoms with Crippen LogP contribution in [0.4, 0.5) is 17.1 Å². The maximum atomic E-state index is 13.3. The van der Waals surface area contributed by atoms with Crippen molar-refractivity contribution in [2.45, 2.75) is 37.5 Å². The van der Waals surface area contributed by atoms with Gasteiger partial charge < -0.3 is 9.42 Å². The van der Waals surface area contributed by atoms with Gasteiger partial charge in [0.1, 0.15) is 5.69 Å². The lowest BCUT2D eigenvalue weighted by molar-refractivity contribution is -0.384. The molecule has 174 valence electrons. The molecule has 1 aromatic heterocycles. The fourth-order valence-corrected chi connectivity index (χ4v) is 5.63. The first-order chi connectivity index (χ1) is 15.8. The second-order valence-electron chi connectivity index (χ2n) is 7.85. The fourth-order valence-electron chi connectivity index (χ4n) is 4.14. The Balaban J connectivity index is 1.60. The molecule has 10 nitrogen and oxygen atoms in total. The minimum atomic E-state index is -3.97. The number of nitro benzene ring substituents is 1. The number of piperidine rings is 1. The molecule has 2 heterocycles. The van der Waals surface area contributed by atoms with Crippen molar-refractivity contribution in [1.82, 2.24) is 10.1 Å². The van der Waals surface area contributed by atoms with Crippen LogP contribution in [0.1, 0.15) is 37.4 Å². The topological polar surface area (TPSA) is 123 Å². The monoisotopic (exact) mass is 471 g/mol. The molecule has 0 amide bonds. The summed E-state index contributed by atoms with van der Waals surface area (Å²) < 4.78 is 33.1. The van der Waals surface area contributed by atoms with Crippen molar-refractivity contribution in [2.24, 2.45) is 0 Å². The summed E-state index contributed by atoms with van der Waals surface area (Å²) in [4.78, 5) is 17.4. The van der Waals surface area contributed by atoms with Gasteiger partial charge in [0.15, 0.2) is 5.82 Å². The van der Waals surface area contributed by atoms with E-state index in [0.29, 0.717) is 49.0 Å². The van der Waals surface area contributed by atoms with Gasteiger partial charge in [-0.15, -0.1) is 0 Å². The van der Waals surface area contributed by atoms with Crippen molar-refractivity contribution in [1.29, 1.82) is 0 Å². The summed E-state index contributed by atoms with van der Waals surface area (Å²) in [6, 6.07) is 12.8. The third kappa shape index (κ3) is 4.54. The Hall–Kier alpha value is -3.47. The van der Waals surface area contributed by atoms with Crippen LogP contribution in [-0.2, 0) is 10.0 Å². The highest BCUT2D eigenvalue weighted by atomic mass is 32.2. The number of hydrogen-bond donors (Lipinski definition) is 0. The molecule has 1 saturated heterocycles. The van der Waals surface area contributed by atoms with E-state index in [9.17, 15) is 18.5 Å². The summed E-state index contributed by atoms with van der Waals surface area (Å²) in [6.07, 6.45) is 1.41. The lowest BCUT2D eigenvalue weighted by Crippen LogP contribution is -2.34. The molecule has 0 spiro atoms. The summed E-state index contributed by atoms with van der Waals surface area (Å²) in [5, 5.41) is 15.7. The summed E-state index contributed by atoms with van der Waals surface area (Å²) >= 11 is 0. The number of benzene rings is 2. The normalized spacial score (nSPS) is 14.9. The number of aryl methyl sites for hydroxylation is 1. The number of anilines is 2. The Kier molecular flexibility index (Phi) is 6.32. The summed E-state index contributed by atoms with van der Waals surface area (Å²) in [5.41, 5.74) is 0.680. The number of nitrogens with zero attached hydrogens (tertiary/aromatic N) is 5. The standard InChI is InChI=1S/C22H25N5O5S/c1-3-26(18-7-5-4-6-8-18)33(30,31)19-9-10-20(21(15-19)27(28)29)25-13-11-17(12-14-25)22-23-16(2)24-32-22/h4-10,15,17H,3,11-14H2,1-2H3. The van der Waals surface area contributed by atoms with Gasteiger partial charge in [0, 0.05) is 31.6 Å². The first kappa shape index (κ1) is 22.7. The quantitative estimate of drug-likeness (QED) is 0.376. The Morgan fingerprint density at radius 1 is 1.18 bits per heavy atom. The van der Waals surface area contributed by atoms with Crippen molar-refractivity contribution in [3.63, 3.8) is 0 Å². The van der Waals surface area contributed by atoms with Crippen molar-refractivity contribution >= 4 is 27.1 Å². The van der Waals surface area contributed by atoms with Gasteiger partial charge in [-0.25, -0.2) is 8.42 Å². The molecule has 0 N–H and O–H groups in total. The maximum Gasteiger partial charge on any atom is 0.293 e. The Bertz CT molecular complexity index is 1240. The predicted molar refractivity (Wildman–Crippen MR) is 123 cm³/mol. The van der Waals surface area contributed by atoms with Crippen LogP contribution in [0.25, 0.3) is 0 Å². The molecular formula is C22H25N5O5S. The van der Waals surface area contributed by atoms with E-state index in [1.165, 1.54) is 16.4 Å². The lowest BCUT2D eigenvalue weighted by Gasteiger charge is -2.32. The number of nitro groups is 1. The first-order valence-electron chi connectivity index (χ1n) is 10.7. The third-order valence-electron chi connectivity index (χ3n) is 5.79. The lowest BCUT2D eigenvalue weighted by atomic mass is 9.96. The molecule has 0 unspecified atom stereocenters. The van der Waals surface area contributed by atoms with E-state index >= 15 is 0 Å². The zero-order chi connectivity index (χ0) is 23.6. The van der Waals surface area contributed by atoms with E-state index in [1.807, 2.05) is 4.90 Å². The molecule has 1 aliphatic heterocycles. The minimum Gasteiger partial charge on any atom is -0.366 e. The highest BCUT2D eigenvalue weighted by molar-refractivity contribution is 7.92. The van der Waals surface area contributed by atoms with E-state index < -0.39 is 14.9 Å². The molecule has 2 aromatic carbocycles. The molecule has 33 heavy (non-hydrogen) atoms. The average molecular weight is 472 g/mol. The Morgan fingerprint density at radius 2 is 1.88 bits per heavy atom. The smallest absolute Gasteiger partial charge is 0.293 e. The number of sulfonamides is 1. The molecule has 3 aromatic rings. The molecule has 0 bridgehead atoms. The van der Waals surface area contributed by atoms with Gasteiger partial charge in [-0.2, -0.15) is 4.98 Å². The number of para-hydroxylation sites is 1. The predicted octanol–water partition coefficient (Wildman–Crippen LogP) is 3.89. The van der Waals surface area contributed by atoms with Gasteiger partial charge in [-0.1, -0.05) is 23.4 Å². The zero-order valence-electron chi connectivity index (χ0n) is 18.4. The Labute approximate surface area is 192 Å². The molecule has 1 aliphatic rings. The van der Waals surface area contributed by atoms with Gasteiger partial charge in [-0.05, 0) is 51.0 Å². The third-order valence-corrected chi connectivity index (χ3v) is 7.69. The molecular weight excluding hydrogens is 446 g/mol. The first-order valence-corrected chi connectivity index (χ1v) is 12.2. The number of aromatic nitrogens is 2. The molecule has 0 atom stereocenters. The summed E-state index contributed by atoms with van der Waals surface area (Å²) in [7, 11) is -3.97. The molecule has 11 heteroatoms. The largest absolute Gasteiger partial charge is 0.366 e. The summed E-state index contributed by atoms with van der Waals surface area (Å²) in [5.74, 6) is 1.27. The van der Waals surface area contributed by atoms with Crippen LogP contribution >= 0.6 is 0 Å². The average Bonchev–Trinajstić information content (AvgIpc) is 3.26. The van der Waals surface area contributed by atoms with E-state index in [1.54, 1.807) is 44.2 Å². The van der Waals surface area contributed by atoms with Crippen LogP contribution in [0.15, 0.2) is 57.9 Å². The SMILES string of the molecule is CCN(c1ccccc1)S(=O)(=O)c1ccc(N2CCC(c3nc(C)no3)CC2)c([N+](=O)[O-])c1. The second kappa shape index (κ2) is 9.18. The highest BCUT2D eigenvalue weighted by Gasteiger charge is 2.31. The number of rotatable bonds is 7. The molecule has 1 fully saturated rings. The second-order valence-corrected chi connectivity index (χ2v) is 9.72. The van der Waals surface area contributed by atoms with E-state index in [2.05, 4.69) is 10.1 Å². The maximum absolute atomic E-state index is 13.3. The van der Waals surface area contributed by atoms with E-state index in [4.69, 9.17) is 4.52 Å². The van der Waals surface area contributed by atoms with E-state index in [-0.39, 0.29) is 23.0 Å². The van der Waals surface area contributed by atoms with E-state index in [0.717, 1.165) is 6.07 Å². The highest BCUT2D eigenvalue weighted by Crippen LogP contribution is 2.36. The van der Waals surface area contributed by atoms with Gasteiger partial charge in [0.05, 0.1) is 15.5 Å². The van der Waals surface area contributed by atoms with Gasteiger partial charge >= 0.3 is 0 Å². The van der Waals surface area contributed by atoms with Crippen LogP contribution in [0.5, 0.6) is 0 Å². The van der Waals surface area contributed by atoms with Gasteiger partial charge in [0.2, 0.25) is 5.89 Å². The van der Waals surface area contributed by atoms with Gasteiger partial charge in [0.25, 0.3) is 15.7 Å². The van der Waals surface area contributed by atoms with Crippen LogP contribution in [-0.4, -0.2) is 43.1 Å². The zero-order valence-corrected chi connectivity index (χ0v) is 19.2. The fraction of sp³-hybridized carbons (Fsp3) is 0.364.